The van der Waals surface area contributed by atoms with Gasteiger partial charge in [-0.3, -0.25) is 9.59 Å². The van der Waals surface area contributed by atoms with E-state index in [9.17, 15) is 14.7 Å². The SMILES string of the molecule is CCOC(=O)CCC(=O)c1nc(Cc2ccccc2C#N)ccc1O. The summed E-state index contributed by atoms with van der Waals surface area (Å²) in [6, 6.07) is 12.2. The molecule has 1 N–H and O–H groups in total. The molecule has 0 unspecified atom stereocenters. The maximum absolute atomic E-state index is 12.2. The molecule has 6 heteroatoms. The molecule has 128 valence electrons. The van der Waals surface area contributed by atoms with Gasteiger partial charge in [-0.2, -0.15) is 5.26 Å². The van der Waals surface area contributed by atoms with Crippen molar-refractivity contribution < 1.29 is 19.4 Å². The van der Waals surface area contributed by atoms with Crippen molar-refractivity contribution in [1.29, 1.82) is 5.26 Å². The van der Waals surface area contributed by atoms with Gasteiger partial charge < -0.3 is 9.84 Å². The van der Waals surface area contributed by atoms with E-state index in [1.807, 2.05) is 12.1 Å². The van der Waals surface area contributed by atoms with Crippen LogP contribution in [0.4, 0.5) is 0 Å². The number of carbonyl (C=O) groups is 2. The van der Waals surface area contributed by atoms with Gasteiger partial charge in [-0.15, -0.1) is 0 Å². The van der Waals surface area contributed by atoms with E-state index in [0.29, 0.717) is 17.7 Å². The number of pyridine rings is 1. The van der Waals surface area contributed by atoms with E-state index in [2.05, 4.69) is 11.1 Å². The number of aromatic nitrogens is 1. The van der Waals surface area contributed by atoms with Gasteiger partial charge in [0.05, 0.1) is 24.7 Å². The Morgan fingerprint density at radius 3 is 2.68 bits per heavy atom. The maximum atomic E-state index is 12.2. The van der Waals surface area contributed by atoms with Crippen LogP contribution in [0.2, 0.25) is 0 Å². The number of rotatable bonds is 7. The van der Waals surface area contributed by atoms with Gasteiger partial charge in [-0.25, -0.2) is 4.98 Å². The van der Waals surface area contributed by atoms with E-state index in [-0.39, 0.29) is 30.9 Å². The summed E-state index contributed by atoms with van der Waals surface area (Å²) < 4.78 is 4.78. The Labute approximate surface area is 145 Å². The molecule has 0 saturated carbocycles. The smallest absolute Gasteiger partial charge is 0.306 e. The van der Waals surface area contributed by atoms with Crippen molar-refractivity contribution in [2.24, 2.45) is 0 Å². The number of esters is 1. The zero-order chi connectivity index (χ0) is 18.2. The molecule has 25 heavy (non-hydrogen) atoms. The molecular formula is C19H18N2O4. The molecular weight excluding hydrogens is 320 g/mol. The van der Waals surface area contributed by atoms with Crippen LogP contribution in [0.25, 0.3) is 0 Å². The molecule has 0 aliphatic rings. The molecule has 1 heterocycles. The molecule has 1 aromatic heterocycles. The fourth-order valence-corrected chi connectivity index (χ4v) is 2.34. The van der Waals surface area contributed by atoms with E-state index in [4.69, 9.17) is 10.00 Å². The summed E-state index contributed by atoms with van der Waals surface area (Å²) in [5.41, 5.74) is 1.80. The number of hydrogen-bond donors (Lipinski definition) is 1. The summed E-state index contributed by atoms with van der Waals surface area (Å²) in [5.74, 6) is -1.12. The molecule has 0 saturated heterocycles. The van der Waals surface area contributed by atoms with Gasteiger partial charge in [0.25, 0.3) is 0 Å². The average Bonchev–Trinajstić information content (AvgIpc) is 2.62. The fourth-order valence-electron chi connectivity index (χ4n) is 2.34. The molecule has 0 bridgehead atoms. The van der Waals surface area contributed by atoms with Crippen molar-refractivity contribution in [1.82, 2.24) is 4.98 Å². The third kappa shape index (κ3) is 4.88. The number of Topliss-reactive ketones (excluding diaryl/α,β-unsaturated/α-hetero) is 1. The molecule has 0 aliphatic carbocycles. The number of ketones is 1. The summed E-state index contributed by atoms with van der Waals surface area (Å²) in [5, 5.41) is 19.0. The standard InChI is InChI=1S/C19H18N2O4/c1-2-25-18(24)10-9-17(23)19-16(22)8-7-15(21-19)11-13-5-3-4-6-14(13)12-20/h3-8,22H,2,9-11H2,1H3. The second kappa shape index (κ2) is 8.60. The minimum atomic E-state index is -0.463. The Morgan fingerprint density at radius 1 is 1.20 bits per heavy atom. The van der Waals surface area contributed by atoms with Crippen LogP contribution in [0.15, 0.2) is 36.4 Å². The van der Waals surface area contributed by atoms with E-state index in [1.165, 1.54) is 6.07 Å². The van der Waals surface area contributed by atoms with Crippen molar-refractivity contribution in [2.75, 3.05) is 6.61 Å². The van der Waals surface area contributed by atoms with Gasteiger partial charge in [0.1, 0.15) is 11.4 Å². The highest BCUT2D eigenvalue weighted by Crippen LogP contribution is 2.20. The zero-order valence-corrected chi connectivity index (χ0v) is 13.9. The van der Waals surface area contributed by atoms with Crippen LogP contribution >= 0.6 is 0 Å². The molecule has 0 spiro atoms. The van der Waals surface area contributed by atoms with Crippen molar-refractivity contribution in [3.05, 3.63) is 58.9 Å². The molecule has 6 nitrogen and oxygen atoms in total. The summed E-state index contributed by atoms with van der Waals surface area (Å²) in [7, 11) is 0. The van der Waals surface area contributed by atoms with Crippen LogP contribution < -0.4 is 0 Å². The topological polar surface area (TPSA) is 100 Å². The van der Waals surface area contributed by atoms with Crippen LogP contribution in [0.1, 0.15) is 47.1 Å². The first-order chi connectivity index (χ1) is 12.0. The first-order valence-electron chi connectivity index (χ1n) is 7.90. The summed E-state index contributed by atoms with van der Waals surface area (Å²) >= 11 is 0. The number of benzene rings is 1. The van der Waals surface area contributed by atoms with E-state index in [1.54, 1.807) is 25.1 Å². The number of carbonyl (C=O) groups excluding carboxylic acids is 2. The number of nitriles is 1. The monoisotopic (exact) mass is 338 g/mol. The number of ether oxygens (including phenoxy) is 1. The van der Waals surface area contributed by atoms with Crippen LogP contribution in [0.5, 0.6) is 5.75 Å². The lowest BCUT2D eigenvalue weighted by Gasteiger charge is -2.08. The highest BCUT2D eigenvalue weighted by atomic mass is 16.5. The predicted molar refractivity (Wildman–Crippen MR) is 90.1 cm³/mol. The van der Waals surface area contributed by atoms with Gasteiger partial charge >= 0.3 is 5.97 Å². The lowest BCUT2D eigenvalue weighted by molar-refractivity contribution is -0.143. The first kappa shape index (κ1) is 18.1. The molecule has 0 amide bonds. The summed E-state index contributed by atoms with van der Waals surface area (Å²) in [4.78, 5) is 27.8. The molecule has 2 aromatic rings. The van der Waals surface area contributed by atoms with E-state index >= 15 is 0 Å². The molecule has 2 rings (SSSR count). The summed E-state index contributed by atoms with van der Waals surface area (Å²) in [6.45, 7) is 1.94. The van der Waals surface area contributed by atoms with Crippen LogP contribution in [-0.2, 0) is 16.0 Å². The number of nitrogens with zero attached hydrogens (tertiary/aromatic N) is 2. The Morgan fingerprint density at radius 2 is 1.96 bits per heavy atom. The van der Waals surface area contributed by atoms with Gasteiger partial charge in [0, 0.05) is 18.5 Å². The number of aromatic hydroxyl groups is 1. The van der Waals surface area contributed by atoms with Crippen molar-refractivity contribution in [3.8, 4) is 11.8 Å². The lowest BCUT2D eigenvalue weighted by Crippen LogP contribution is -2.10. The third-order valence-corrected chi connectivity index (χ3v) is 3.57. The summed E-state index contributed by atoms with van der Waals surface area (Å²) in [6.07, 6.45) is 0.217. The Bertz CT molecular complexity index is 824. The Hall–Kier alpha value is -3.20. The second-order valence-corrected chi connectivity index (χ2v) is 5.34. The van der Waals surface area contributed by atoms with Gasteiger partial charge in [-0.1, -0.05) is 18.2 Å². The third-order valence-electron chi connectivity index (χ3n) is 3.57. The lowest BCUT2D eigenvalue weighted by atomic mass is 10.0. The molecule has 0 radical (unpaired) electrons. The van der Waals surface area contributed by atoms with E-state index in [0.717, 1.165) is 5.56 Å². The molecule has 1 aromatic carbocycles. The normalized spacial score (nSPS) is 10.1. The van der Waals surface area contributed by atoms with E-state index < -0.39 is 11.8 Å². The Kier molecular flexibility index (Phi) is 6.24. The fraction of sp³-hybridized carbons (Fsp3) is 0.263. The average molecular weight is 338 g/mol. The zero-order valence-electron chi connectivity index (χ0n) is 13.9. The molecule has 0 atom stereocenters. The van der Waals surface area contributed by atoms with Crippen LogP contribution in [-0.4, -0.2) is 28.4 Å². The van der Waals surface area contributed by atoms with Crippen LogP contribution in [0, 0.1) is 11.3 Å². The minimum Gasteiger partial charge on any atom is -0.506 e. The Balaban J connectivity index is 2.16. The highest BCUT2D eigenvalue weighted by Gasteiger charge is 2.16. The first-order valence-corrected chi connectivity index (χ1v) is 7.90. The second-order valence-electron chi connectivity index (χ2n) is 5.34. The maximum Gasteiger partial charge on any atom is 0.306 e. The van der Waals surface area contributed by atoms with Gasteiger partial charge in [-0.05, 0) is 30.7 Å². The molecule has 0 fully saturated rings. The van der Waals surface area contributed by atoms with Crippen molar-refractivity contribution >= 4 is 11.8 Å². The highest BCUT2D eigenvalue weighted by molar-refractivity contribution is 5.98. The van der Waals surface area contributed by atoms with Gasteiger partial charge in [0.2, 0.25) is 0 Å². The van der Waals surface area contributed by atoms with Crippen molar-refractivity contribution in [3.63, 3.8) is 0 Å². The van der Waals surface area contributed by atoms with Gasteiger partial charge in [0.15, 0.2) is 5.78 Å². The quantitative estimate of drug-likeness (QED) is 0.615. The predicted octanol–water partition coefficient (Wildman–Crippen LogP) is 2.78. The largest absolute Gasteiger partial charge is 0.506 e. The molecule has 0 aliphatic heterocycles. The van der Waals surface area contributed by atoms with Crippen molar-refractivity contribution in [2.45, 2.75) is 26.2 Å². The minimum absolute atomic E-state index is 0.0602. The number of hydrogen-bond acceptors (Lipinski definition) is 6. The van der Waals surface area contributed by atoms with Crippen LogP contribution in [0.3, 0.4) is 0 Å².